The number of pyridine rings is 1. The van der Waals surface area contributed by atoms with E-state index in [9.17, 15) is 22.8 Å². The molecular formula is C18H13ClF3N3O3S. The van der Waals surface area contributed by atoms with E-state index in [2.05, 4.69) is 10.3 Å². The van der Waals surface area contributed by atoms with Crippen LogP contribution in [0, 0.1) is 0 Å². The van der Waals surface area contributed by atoms with Gasteiger partial charge < -0.3 is 10.4 Å². The van der Waals surface area contributed by atoms with Gasteiger partial charge in [0.25, 0.3) is 11.8 Å². The molecule has 2 N–H and O–H groups in total. The minimum atomic E-state index is -4.52. The lowest BCUT2D eigenvalue weighted by Crippen LogP contribution is -2.34. The Labute approximate surface area is 172 Å². The van der Waals surface area contributed by atoms with Crippen LogP contribution in [-0.4, -0.2) is 40.0 Å². The second-order valence-electron chi connectivity index (χ2n) is 5.84. The molecule has 29 heavy (non-hydrogen) atoms. The number of halogens is 4. The molecule has 2 heterocycles. The molecule has 1 aromatic heterocycles. The number of aromatic nitrogens is 1. The third-order valence-corrected chi connectivity index (χ3v) is 5.24. The van der Waals surface area contributed by atoms with Crippen molar-refractivity contribution >= 4 is 40.9 Å². The zero-order valence-corrected chi connectivity index (χ0v) is 16.1. The molecule has 0 unspecified atom stereocenters. The number of aliphatic hydroxyl groups is 1. The number of aliphatic hydroxyl groups excluding tert-OH is 1. The number of nitrogens with zero attached hydrogens (tertiary/aromatic N) is 2. The largest absolute Gasteiger partial charge is 0.417 e. The van der Waals surface area contributed by atoms with Crippen LogP contribution < -0.4 is 5.32 Å². The van der Waals surface area contributed by atoms with Gasteiger partial charge in [0.1, 0.15) is 10.7 Å². The summed E-state index contributed by atoms with van der Waals surface area (Å²) in [4.78, 5) is 29.2. The molecule has 0 saturated carbocycles. The topological polar surface area (TPSA) is 82.5 Å². The van der Waals surface area contributed by atoms with Crippen molar-refractivity contribution in [3.63, 3.8) is 0 Å². The summed E-state index contributed by atoms with van der Waals surface area (Å²) in [7, 11) is 0. The SMILES string of the molecule is O=C1C=C(Nc2ccc(Sc3ncc(C(F)(F)F)cc3Cl)cc2)C(=O)N1CCO. The van der Waals surface area contributed by atoms with Crippen molar-refractivity contribution in [2.45, 2.75) is 16.1 Å². The van der Waals surface area contributed by atoms with E-state index in [4.69, 9.17) is 16.7 Å². The van der Waals surface area contributed by atoms with Crippen molar-refractivity contribution in [1.82, 2.24) is 9.88 Å². The minimum Gasteiger partial charge on any atom is -0.395 e. The number of amides is 2. The third kappa shape index (κ3) is 4.89. The Balaban J connectivity index is 1.68. The van der Waals surface area contributed by atoms with Crippen LogP contribution in [0.5, 0.6) is 0 Å². The van der Waals surface area contributed by atoms with Gasteiger partial charge >= 0.3 is 6.18 Å². The minimum absolute atomic E-state index is 0.0799. The smallest absolute Gasteiger partial charge is 0.395 e. The molecule has 1 aromatic carbocycles. The number of β-amino-alcohol motifs (C(OH)–C–C–N with tert-alkyl or cyclic N) is 1. The average Bonchev–Trinajstić information content (AvgIpc) is 2.92. The predicted molar refractivity (Wildman–Crippen MR) is 100 cm³/mol. The maximum absolute atomic E-state index is 12.7. The molecule has 0 bridgehead atoms. The van der Waals surface area contributed by atoms with Crippen molar-refractivity contribution in [1.29, 1.82) is 0 Å². The van der Waals surface area contributed by atoms with E-state index in [-0.39, 0.29) is 28.9 Å². The molecule has 3 rings (SSSR count). The molecule has 0 radical (unpaired) electrons. The Bertz CT molecular complexity index is 981. The summed E-state index contributed by atoms with van der Waals surface area (Å²) in [6, 6.07) is 7.41. The molecule has 0 aliphatic carbocycles. The lowest BCUT2D eigenvalue weighted by molar-refractivity contribution is -0.138. The Morgan fingerprint density at radius 2 is 1.90 bits per heavy atom. The number of rotatable bonds is 6. The van der Waals surface area contributed by atoms with Gasteiger partial charge in [-0.05, 0) is 30.3 Å². The molecule has 1 aliphatic rings. The highest BCUT2D eigenvalue weighted by Gasteiger charge is 2.32. The lowest BCUT2D eigenvalue weighted by Gasteiger charge is -2.13. The van der Waals surface area contributed by atoms with Crippen LogP contribution in [0.4, 0.5) is 18.9 Å². The molecule has 0 saturated heterocycles. The second kappa shape index (κ2) is 8.44. The first-order chi connectivity index (χ1) is 13.7. The van der Waals surface area contributed by atoms with E-state index in [0.717, 1.165) is 35.0 Å². The summed E-state index contributed by atoms with van der Waals surface area (Å²) in [6.45, 7) is -0.416. The fourth-order valence-electron chi connectivity index (χ4n) is 2.44. The molecule has 0 atom stereocenters. The van der Waals surface area contributed by atoms with Crippen molar-refractivity contribution in [3.8, 4) is 0 Å². The van der Waals surface area contributed by atoms with Gasteiger partial charge in [0, 0.05) is 22.9 Å². The first-order valence-corrected chi connectivity index (χ1v) is 9.34. The van der Waals surface area contributed by atoms with Crippen LogP contribution in [0.3, 0.4) is 0 Å². The number of benzene rings is 1. The number of carbonyl (C=O) groups is 2. The van der Waals surface area contributed by atoms with E-state index >= 15 is 0 Å². The highest BCUT2D eigenvalue weighted by atomic mass is 35.5. The standard InChI is InChI=1S/C18H13ClF3N3O3S/c19-13-7-10(18(20,21)22)9-23-16(13)29-12-3-1-11(2-4-12)24-14-8-15(27)25(5-6-26)17(14)28/h1-4,7-9,24,26H,5-6H2. The number of carbonyl (C=O) groups excluding carboxylic acids is 2. The van der Waals surface area contributed by atoms with Gasteiger partial charge in [-0.2, -0.15) is 13.2 Å². The Hall–Kier alpha value is -2.56. The summed E-state index contributed by atoms with van der Waals surface area (Å²) in [6.07, 6.45) is -2.66. The molecule has 1 aliphatic heterocycles. The summed E-state index contributed by atoms with van der Waals surface area (Å²) >= 11 is 6.99. The molecule has 0 spiro atoms. The summed E-state index contributed by atoms with van der Waals surface area (Å²) in [5, 5.41) is 11.8. The second-order valence-corrected chi connectivity index (χ2v) is 7.31. The van der Waals surface area contributed by atoms with Gasteiger partial charge in [-0.15, -0.1) is 0 Å². The predicted octanol–water partition coefficient (Wildman–Crippen LogP) is 3.56. The summed E-state index contributed by atoms with van der Waals surface area (Å²) in [5.41, 5.74) is -0.318. The Morgan fingerprint density at radius 1 is 1.21 bits per heavy atom. The van der Waals surface area contributed by atoms with Crippen molar-refractivity contribution < 1.29 is 27.9 Å². The Morgan fingerprint density at radius 3 is 2.48 bits per heavy atom. The molecule has 11 heteroatoms. The molecule has 6 nitrogen and oxygen atoms in total. The highest BCUT2D eigenvalue weighted by Crippen LogP contribution is 2.36. The maximum Gasteiger partial charge on any atom is 0.417 e. The van der Waals surface area contributed by atoms with Gasteiger partial charge in [0.05, 0.1) is 23.7 Å². The van der Waals surface area contributed by atoms with Crippen LogP contribution in [-0.2, 0) is 15.8 Å². The van der Waals surface area contributed by atoms with Crippen molar-refractivity contribution in [3.05, 3.63) is 58.9 Å². The quantitative estimate of drug-likeness (QED) is 0.664. The van der Waals surface area contributed by atoms with Gasteiger partial charge in [0.2, 0.25) is 0 Å². The number of alkyl halides is 3. The van der Waals surface area contributed by atoms with Crippen LogP contribution in [0.2, 0.25) is 5.02 Å². The van der Waals surface area contributed by atoms with Gasteiger partial charge in [-0.25, -0.2) is 4.98 Å². The summed E-state index contributed by atoms with van der Waals surface area (Å²) < 4.78 is 38.0. The van der Waals surface area contributed by atoms with E-state index in [1.54, 1.807) is 24.3 Å². The molecular weight excluding hydrogens is 431 g/mol. The van der Waals surface area contributed by atoms with Gasteiger partial charge in [0.15, 0.2) is 0 Å². The Kier molecular flexibility index (Phi) is 6.15. The van der Waals surface area contributed by atoms with E-state index < -0.39 is 23.6 Å². The fraction of sp³-hybridized carbons (Fsp3) is 0.167. The fourth-order valence-corrected chi connectivity index (χ4v) is 3.48. The third-order valence-electron chi connectivity index (χ3n) is 3.82. The maximum atomic E-state index is 12.7. The van der Waals surface area contributed by atoms with Crippen LogP contribution in [0.1, 0.15) is 5.56 Å². The van der Waals surface area contributed by atoms with E-state index in [0.29, 0.717) is 10.6 Å². The zero-order valence-electron chi connectivity index (χ0n) is 14.5. The number of imide groups is 1. The molecule has 152 valence electrons. The van der Waals surface area contributed by atoms with Crippen molar-refractivity contribution in [2.75, 3.05) is 18.5 Å². The number of hydrogen-bond donors (Lipinski definition) is 2. The monoisotopic (exact) mass is 443 g/mol. The first-order valence-electron chi connectivity index (χ1n) is 8.15. The molecule has 0 fully saturated rings. The van der Waals surface area contributed by atoms with Crippen LogP contribution in [0.15, 0.2) is 58.2 Å². The van der Waals surface area contributed by atoms with E-state index in [1.807, 2.05) is 0 Å². The van der Waals surface area contributed by atoms with E-state index in [1.165, 1.54) is 0 Å². The van der Waals surface area contributed by atoms with Crippen LogP contribution in [0.25, 0.3) is 0 Å². The zero-order chi connectivity index (χ0) is 21.2. The molecule has 2 amide bonds. The molecule has 2 aromatic rings. The normalized spacial score (nSPS) is 14.4. The number of anilines is 1. The summed E-state index contributed by atoms with van der Waals surface area (Å²) in [5.74, 6) is -1.05. The highest BCUT2D eigenvalue weighted by molar-refractivity contribution is 7.99. The van der Waals surface area contributed by atoms with Gasteiger partial charge in [-0.3, -0.25) is 14.5 Å². The lowest BCUT2D eigenvalue weighted by atomic mass is 10.3. The first kappa shape index (κ1) is 21.2. The average molecular weight is 444 g/mol. The van der Waals surface area contributed by atoms with Crippen molar-refractivity contribution in [2.24, 2.45) is 0 Å². The number of nitrogens with one attached hydrogen (secondary N) is 1. The number of hydrogen-bond acceptors (Lipinski definition) is 6. The van der Waals surface area contributed by atoms with Gasteiger partial charge in [-0.1, -0.05) is 23.4 Å². The van der Waals surface area contributed by atoms with Crippen LogP contribution >= 0.6 is 23.4 Å².